The molecule has 4 rings (SSSR count). The monoisotopic (exact) mass is 262 g/mol. The second-order valence-electron chi connectivity index (χ2n) is 8.43. The van der Waals surface area contributed by atoms with Gasteiger partial charge in [0.05, 0.1) is 0 Å². The summed E-state index contributed by atoms with van der Waals surface area (Å²) >= 11 is 0. The molecule has 19 heavy (non-hydrogen) atoms. The molecule has 4 aliphatic rings. The van der Waals surface area contributed by atoms with Crippen molar-refractivity contribution < 1.29 is 0 Å². The molecule has 0 amide bonds. The summed E-state index contributed by atoms with van der Waals surface area (Å²) < 4.78 is 0. The lowest BCUT2D eigenvalue weighted by Gasteiger charge is -2.66. The highest BCUT2D eigenvalue weighted by Gasteiger charge is 2.61. The molecule has 4 fully saturated rings. The van der Waals surface area contributed by atoms with Crippen LogP contribution in [0.25, 0.3) is 0 Å². The van der Waals surface area contributed by atoms with Crippen LogP contribution in [0.5, 0.6) is 0 Å². The van der Waals surface area contributed by atoms with Gasteiger partial charge in [0.25, 0.3) is 0 Å². The molecule has 2 heteroatoms. The van der Waals surface area contributed by atoms with E-state index in [9.17, 15) is 0 Å². The highest BCUT2D eigenvalue weighted by molar-refractivity contribution is 5.86. The molecule has 0 heterocycles. The predicted octanol–water partition coefficient (Wildman–Crippen LogP) is 4.30. The van der Waals surface area contributed by atoms with Gasteiger partial charge in [-0.3, -0.25) is 5.41 Å². The molecular formula is C17H30N2. The Kier molecular flexibility index (Phi) is 2.82. The van der Waals surface area contributed by atoms with Gasteiger partial charge in [0, 0.05) is 18.5 Å². The van der Waals surface area contributed by atoms with Gasteiger partial charge in [0.2, 0.25) is 0 Å². The first-order chi connectivity index (χ1) is 8.84. The van der Waals surface area contributed by atoms with Gasteiger partial charge in [-0.15, -0.1) is 0 Å². The van der Waals surface area contributed by atoms with Crippen LogP contribution >= 0.6 is 0 Å². The zero-order chi connectivity index (χ0) is 13.9. The minimum atomic E-state index is 0.217. The maximum Gasteiger partial charge on any atom is 0.102 e. The summed E-state index contributed by atoms with van der Waals surface area (Å²) in [5.41, 5.74) is 1.26. The molecule has 0 aromatic heterocycles. The van der Waals surface area contributed by atoms with Crippen LogP contribution in [0.2, 0.25) is 0 Å². The lowest BCUT2D eigenvalue weighted by atomic mass is 9.40. The zero-order valence-corrected chi connectivity index (χ0v) is 13.2. The third-order valence-electron chi connectivity index (χ3n) is 6.21. The van der Waals surface area contributed by atoms with Crippen molar-refractivity contribution in [1.82, 2.24) is 4.90 Å². The molecule has 4 aliphatic carbocycles. The third kappa shape index (κ3) is 1.94. The van der Waals surface area contributed by atoms with E-state index in [2.05, 4.69) is 32.6 Å². The van der Waals surface area contributed by atoms with E-state index >= 15 is 0 Å². The Morgan fingerprint density at radius 3 is 1.95 bits per heavy atom. The van der Waals surface area contributed by atoms with E-state index in [-0.39, 0.29) is 5.41 Å². The first-order valence-electron chi connectivity index (χ1n) is 8.18. The molecule has 0 aromatic rings. The van der Waals surface area contributed by atoms with Crippen molar-refractivity contribution in [3.05, 3.63) is 0 Å². The van der Waals surface area contributed by atoms with Crippen molar-refractivity contribution in [2.75, 3.05) is 13.1 Å². The maximum absolute atomic E-state index is 8.82. The maximum atomic E-state index is 8.82. The number of hydrogen-bond acceptors (Lipinski definition) is 1. The quantitative estimate of drug-likeness (QED) is 0.596. The van der Waals surface area contributed by atoms with Crippen LogP contribution in [0.4, 0.5) is 0 Å². The van der Waals surface area contributed by atoms with Gasteiger partial charge in [0.1, 0.15) is 5.84 Å². The number of amidine groups is 1. The van der Waals surface area contributed by atoms with E-state index < -0.39 is 0 Å². The van der Waals surface area contributed by atoms with E-state index in [0.717, 1.165) is 24.8 Å². The van der Waals surface area contributed by atoms with E-state index in [1.807, 2.05) is 0 Å². The fourth-order valence-electron chi connectivity index (χ4n) is 6.59. The molecule has 4 bridgehead atoms. The average molecular weight is 262 g/mol. The summed E-state index contributed by atoms with van der Waals surface area (Å²) in [6.07, 6.45) is 8.12. The fraction of sp³-hybridized carbons (Fsp3) is 0.941. The Labute approximate surface area is 118 Å². The fourth-order valence-corrected chi connectivity index (χ4v) is 6.59. The molecule has 0 aromatic carbocycles. The van der Waals surface area contributed by atoms with Gasteiger partial charge >= 0.3 is 0 Å². The molecule has 0 radical (unpaired) electrons. The molecule has 0 saturated heterocycles. The van der Waals surface area contributed by atoms with Gasteiger partial charge in [-0.05, 0) is 69.1 Å². The van der Waals surface area contributed by atoms with Gasteiger partial charge in [-0.2, -0.15) is 0 Å². The molecule has 1 N–H and O–H groups in total. The van der Waals surface area contributed by atoms with Crippen molar-refractivity contribution >= 4 is 5.84 Å². The van der Waals surface area contributed by atoms with Crippen LogP contribution < -0.4 is 0 Å². The van der Waals surface area contributed by atoms with Crippen LogP contribution in [-0.2, 0) is 0 Å². The first kappa shape index (κ1) is 13.5. The van der Waals surface area contributed by atoms with Gasteiger partial charge in [0.15, 0.2) is 0 Å². The molecule has 0 aliphatic heterocycles. The van der Waals surface area contributed by atoms with E-state index in [0.29, 0.717) is 10.8 Å². The van der Waals surface area contributed by atoms with E-state index in [4.69, 9.17) is 5.41 Å². The largest absolute Gasteiger partial charge is 0.361 e. The van der Waals surface area contributed by atoms with Gasteiger partial charge in [-0.25, -0.2) is 0 Å². The predicted molar refractivity (Wildman–Crippen MR) is 80.5 cm³/mol. The van der Waals surface area contributed by atoms with Gasteiger partial charge < -0.3 is 4.90 Å². The second kappa shape index (κ2) is 3.99. The molecule has 2 unspecified atom stereocenters. The zero-order valence-electron chi connectivity index (χ0n) is 13.2. The number of rotatable bonds is 3. The molecule has 108 valence electrons. The highest BCUT2D eigenvalue weighted by atomic mass is 15.2. The normalized spacial score (nSPS) is 47.5. The van der Waals surface area contributed by atoms with Crippen molar-refractivity contribution in [2.24, 2.45) is 22.2 Å². The summed E-state index contributed by atoms with van der Waals surface area (Å²) in [6, 6.07) is 0. The molecule has 0 spiro atoms. The number of nitrogens with one attached hydrogen (secondary N) is 1. The summed E-state index contributed by atoms with van der Waals surface area (Å²) in [7, 11) is 0. The van der Waals surface area contributed by atoms with Crippen LogP contribution in [-0.4, -0.2) is 23.8 Å². The average Bonchev–Trinajstić information content (AvgIpc) is 2.25. The van der Waals surface area contributed by atoms with Crippen LogP contribution in [0.3, 0.4) is 0 Å². The minimum absolute atomic E-state index is 0.217. The third-order valence-corrected chi connectivity index (χ3v) is 6.21. The first-order valence-corrected chi connectivity index (χ1v) is 8.18. The summed E-state index contributed by atoms with van der Waals surface area (Å²) in [5, 5.41) is 8.82. The van der Waals surface area contributed by atoms with Crippen LogP contribution in [0.15, 0.2) is 0 Å². The smallest absolute Gasteiger partial charge is 0.102 e. The standard InChI is InChI=1S/C17H30N2/c1-5-19(6-2)14(18)17-9-13-7-15(3,11-17)10-16(4,8-13)12-17/h13,18H,5-12H2,1-4H3. The van der Waals surface area contributed by atoms with Crippen molar-refractivity contribution in [3.8, 4) is 0 Å². The van der Waals surface area contributed by atoms with Crippen LogP contribution in [0.1, 0.15) is 66.2 Å². The van der Waals surface area contributed by atoms with Gasteiger partial charge in [-0.1, -0.05) is 13.8 Å². The Morgan fingerprint density at radius 2 is 1.53 bits per heavy atom. The Bertz CT molecular complexity index is 378. The second-order valence-corrected chi connectivity index (χ2v) is 8.43. The summed E-state index contributed by atoms with van der Waals surface area (Å²) in [5.74, 6) is 1.86. The van der Waals surface area contributed by atoms with Crippen LogP contribution in [0, 0.1) is 27.6 Å². The number of hydrogen-bond donors (Lipinski definition) is 1. The molecule has 2 nitrogen and oxygen atoms in total. The molecule has 4 saturated carbocycles. The Hall–Kier alpha value is -0.530. The van der Waals surface area contributed by atoms with E-state index in [1.165, 1.54) is 38.5 Å². The van der Waals surface area contributed by atoms with E-state index in [1.54, 1.807) is 0 Å². The van der Waals surface area contributed by atoms with Crippen molar-refractivity contribution in [1.29, 1.82) is 5.41 Å². The molecular weight excluding hydrogens is 232 g/mol. The SMILES string of the molecule is CCN(CC)C(=N)C12CC3CC(C)(CC(C)(C3)C1)C2. The Morgan fingerprint density at radius 1 is 1.00 bits per heavy atom. The lowest BCUT2D eigenvalue weighted by molar-refractivity contribution is -0.119. The molecule has 2 atom stereocenters. The Balaban J connectivity index is 1.94. The van der Waals surface area contributed by atoms with Crippen molar-refractivity contribution in [3.63, 3.8) is 0 Å². The number of nitrogens with zero attached hydrogens (tertiary/aromatic N) is 1. The van der Waals surface area contributed by atoms with Crippen molar-refractivity contribution in [2.45, 2.75) is 66.2 Å². The lowest BCUT2D eigenvalue weighted by Crippen LogP contribution is -2.60. The topological polar surface area (TPSA) is 27.1 Å². The minimum Gasteiger partial charge on any atom is -0.361 e. The highest BCUT2D eigenvalue weighted by Crippen LogP contribution is 2.69. The summed E-state index contributed by atoms with van der Waals surface area (Å²) in [4.78, 5) is 2.31. The summed E-state index contributed by atoms with van der Waals surface area (Å²) in [6.45, 7) is 11.4.